The Bertz CT molecular complexity index is 746. The zero-order chi connectivity index (χ0) is 17.6. The van der Waals surface area contributed by atoms with Crippen molar-refractivity contribution in [3.63, 3.8) is 0 Å². The molecule has 3 rings (SSSR count). The fourth-order valence-corrected chi connectivity index (χ4v) is 3.23. The van der Waals surface area contributed by atoms with Crippen molar-refractivity contribution in [3.05, 3.63) is 65.7 Å². The van der Waals surface area contributed by atoms with Gasteiger partial charge in [-0.15, -0.1) is 0 Å². The maximum atomic E-state index is 12.8. The topological polar surface area (TPSA) is 58.6 Å². The molecule has 1 amide bonds. The van der Waals surface area contributed by atoms with Crippen LogP contribution in [0.1, 0.15) is 28.8 Å². The van der Waals surface area contributed by atoms with Crippen LogP contribution >= 0.6 is 0 Å². The molecule has 25 heavy (non-hydrogen) atoms. The van der Waals surface area contributed by atoms with Crippen molar-refractivity contribution >= 4 is 17.6 Å². The van der Waals surface area contributed by atoms with Crippen molar-refractivity contribution in [3.8, 4) is 0 Å². The number of anilines is 1. The number of rotatable bonds is 5. The van der Waals surface area contributed by atoms with E-state index in [-0.39, 0.29) is 11.9 Å². The van der Waals surface area contributed by atoms with Crippen LogP contribution in [0.2, 0.25) is 0 Å². The van der Waals surface area contributed by atoms with E-state index in [0.717, 1.165) is 25.9 Å². The first kappa shape index (κ1) is 17.2. The van der Waals surface area contributed by atoms with Crippen LogP contribution in [0, 0.1) is 0 Å². The van der Waals surface area contributed by atoms with E-state index in [0.29, 0.717) is 11.3 Å². The molecule has 1 fully saturated rings. The van der Waals surface area contributed by atoms with Gasteiger partial charge in [-0.25, -0.2) is 4.79 Å². The van der Waals surface area contributed by atoms with Gasteiger partial charge >= 0.3 is 5.97 Å². The van der Waals surface area contributed by atoms with Gasteiger partial charge < -0.3 is 10.1 Å². The summed E-state index contributed by atoms with van der Waals surface area (Å²) in [7, 11) is 1.33. The summed E-state index contributed by atoms with van der Waals surface area (Å²) < 4.78 is 4.78. The first-order valence-corrected chi connectivity index (χ1v) is 8.45. The highest BCUT2D eigenvalue weighted by molar-refractivity contribution is 6.02. The molecule has 5 nitrogen and oxygen atoms in total. The normalized spacial score (nSPS) is 17.2. The van der Waals surface area contributed by atoms with E-state index in [4.69, 9.17) is 4.74 Å². The molecule has 1 saturated heterocycles. The van der Waals surface area contributed by atoms with Gasteiger partial charge in [0, 0.05) is 6.54 Å². The maximum Gasteiger partial charge on any atom is 0.339 e. The molecule has 2 aromatic carbocycles. The fourth-order valence-electron chi connectivity index (χ4n) is 3.23. The van der Waals surface area contributed by atoms with Crippen molar-refractivity contribution in [2.45, 2.75) is 25.4 Å². The Balaban J connectivity index is 1.71. The van der Waals surface area contributed by atoms with Gasteiger partial charge in [-0.05, 0) is 37.1 Å². The lowest BCUT2D eigenvalue weighted by Gasteiger charge is -2.24. The number of likely N-dealkylation sites (tertiary alicyclic amines) is 1. The predicted octanol–water partition coefficient (Wildman–Crippen LogP) is 3.08. The van der Waals surface area contributed by atoms with Gasteiger partial charge in [-0.3, -0.25) is 9.69 Å². The number of carbonyl (C=O) groups is 2. The highest BCUT2D eigenvalue weighted by Gasteiger charge is 2.31. The first-order chi connectivity index (χ1) is 12.2. The van der Waals surface area contributed by atoms with Gasteiger partial charge in [0.2, 0.25) is 5.91 Å². The number of para-hydroxylation sites is 1. The Morgan fingerprint density at radius 1 is 1.12 bits per heavy atom. The van der Waals surface area contributed by atoms with Crippen molar-refractivity contribution in [2.24, 2.45) is 0 Å². The van der Waals surface area contributed by atoms with E-state index in [1.165, 1.54) is 12.7 Å². The summed E-state index contributed by atoms with van der Waals surface area (Å²) in [6, 6.07) is 16.9. The van der Waals surface area contributed by atoms with Crippen LogP contribution in [0.15, 0.2) is 54.6 Å². The molecule has 5 heteroatoms. The monoisotopic (exact) mass is 338 g/mol. The molecule has 1 heterocycles. The summed E-state index contributed by atoms with van der Waals surface area (Å²) >= 11 is 0. The molecule has 1 aliphatic heterocycles. The summed E-state index contributed by atoms with van der Waals surface area (Å²) in [5.74, 6) is -0.534. The predicted molar refractivity (Wildman–Crippen MR) is 96.3 cm³/mol. The van der Waals surface area contributed by atoms with E-state index >= 15 is 0 Å². The second-order valence-electron chi connectivity index (χ2n) is 6.14. The zero-order valence-corrected chi connectivity index (χ0v) is 14.3. The van der Waals surface area contributed by atoms with Crippen LogP contribution < -0.4 is 5.32 Å². The number of hydrogen-bond donors (Lipinski definition) is 1. The average Bonchev–Trinajstić information content (AvgIpc) is 3.10. The lowest BCUT2D eigenvalue weighted by atomic mass is 10.1. The number of esters is 1. The van der Waals surface area contributed by atoms with E-state index in [1.807, 2.05) is 18.2 Å². The molecule has 1 N–H and O–H groups in total. The van der Waals surface area contributed by atoms with Crippen LogP contribution in [-0.2, 0) is 16.1 Å². The van der Waals surface area contributed by atoms with Crippen LogP contribution in [0.25, 0.3) is 0 Å². The molecule has 0 spiro atoms. The molecule has 0 bridgehead atoms. The van der Waals surface area contributed by atoms with Crippen molar-refractivity contribution in [1.82, 2.24) is 4.90 Å². The number of hydrogen-bond acceptors (Lipinski definition) is 4. The Morgan fingerprint density at radius 2 is 1.84 bits per heavy atom. The molecule has 0 radical (unpaired) electrons. The van der Waals surface area contributed by atoms with Crippen molar-refractivity contribution in [1.29, 1.82) is 0 Å². The number of benzene rings is 2. The molecule has 1 aliphatic rings. The van der Waals surface area contributed by atoms with E-state index in [1.54, 1.807) is 24.3 Å². The van der Waals surface area contributed by atoms with E-state index in [9.17, 15) is 9.59 Å². The highest BCUT2D eigenvalue weighted by Crippen LogP contribution is 2.23. The average molecular weight is 338 g/mol. The molecular weight excluding hydrogens is 316 g/mol. The number of methoxy groups -OCH3 is 1. The Labute approximate surface area is 147 Å². The largest absolute Gasteiger partial charge is 0.465 e. The van der Waals surface area contributed by atoms with Crippen molar-refractivity contribution in [2.75, 3.05) is 19.0 Å². The van der Waals surface area contributed by atoms with Gasteiger partial charge in [-0.2, -0.15) is 0 Å². The Kier molecular flexibility index (Phi) is 5.46. The molecule has 1 atom stereocenters. The lowest BCUT2D eigenvalue weighted by Crippen LogP contribution is -2.39. The van der Waals surface area contributed by atoms with Gasteiger partial charge in [0.1, 0.15) is 0 Å². The third-order valence-electron chi connectivity index (χ3n) is 4.49. The molecule has 130 valence electrons. The molecular formula is C20H22N2O3. The van der Waals surface area contributed by atoms with Crippen LogP contribution in [0.4, 0.5) is 5.69 Å². The molecule has 0 aliphatic carbocycles. The summed E-state index contributed by atoms with van der Waals surface area (Å²) in [5.41, 5.74) is 2.05. The Hall–Kier alpha value is -2.66. The number of carbonyl (C=O) groups excluding carboxylic acids is 2. The minimum absolute atomic E-state index is 0.0789. The van der Waals surface area contributed by atoms with Gasteiger partial charge in [0.15, 0.2) is 0 Å². The smallest absolute Gasteiger partial charge is 0.339 e. The second-order valence-corrected chi connectivity index (χ2v) is 6.14. The quantitative estimate of drug-likeness (QED) is 0.851. The number of nitrogens with one attached hydrogen (secondary N) is 1. The van der Waals surface area contributed by atoms with Crippen LogP contribution in [0.3, 0.4) is 0 Å². The Morgan fingerprint density at radius 3 is 2.60 bits per heavy atom. The van der Waals surface area contributed by atoms with E-state index < -0.39 is 5.97 Å². The van der Waals surface area contributed by atoms with Crippen LogP contribution in [0.5, 0.6) is 0 Å². The molecule has 0 saturated carbocycles. The third-order valence-corrected chi connectivity index (χ3v) is 4.49. The number of amides is 1. The molecule has 0 aromatic heterocycles. The fraction of sp³-hybridized carbons (Fsp3) is 0.300. The summed E-state index contributed by atoms with van der Waals surface area (Å²) in [4.78, 5) is 26.8. The highest BCUT2D eigenvalue weighted by atomic mass is 16.5. The van der Waals surface area contributed by atoms with Gasteiger partial charge in [-0.1, -0.05) is 42.5 Å². The van der Waals surface area contributed by atoms with Gasteiger partial charge in [0.25, 0.3) is 0 Å². The lowest BCUT2D eigenvalue weighted by molar-refractivity contribution is -0.120. The summed E-state index contributed by atoms with van der Waals surface area (Å²) in [6.45, 7) is 1.64. The van der Waals surface area contributed by atoms with Crippen LogP contribution in [-0.4, -0.2) is 36.5 Å². The minimum Gasteiger partial charge on any atom is -0.465 e. The number of nitrogens with zero attached hydrogens (tertiary/aromatic N) is 1. The molecule has 2 aromatic rings. The third kappa shape index (κ3) is 4.06. The van der Waals surface area contributed by atoms with Gasteiger partial charge in [0.05, 0.1) is 24.4 Å². The summed E-state index contributed by atoms with van der Waals surface area (Å²) in [5, 5.41) is 2.90. The minimum atomic E-state index is -0.455. The zero-order valence-electron chi connectivity index (χ0n) is 14.3. The maximum absolute atomic E-state index is 12.8. The summed E-state index contributed by atoms with van der Waals surface area (Å²) in [6.07, 6.45) is 1.81. The standard InChI is InChI=1S/C20H22N2O3/c1-25-20(24)16-10-5-6-11-17(16)21-19(23)18-12-7-13-22(18)14-15-8-3-2-4-9-15/h2-6,8-11,18H,7,12-14H2,1H3,(H,21,23)/t18-/m0/s1. The second kappa shape index (κ2) is 7.94. The van der Waals surface area contributed by atoms with Crippen molar-refractivity contribution < 1.29 is 14.3 Å². The molecule has 0 unspecified atom stereocenters. The first-order valence-electron chi connectivity index (χ1n) is 8.45. The SMILES string of the molecule is COC(=O)c1ccccc1NC(=O)[C@@H]1CCCN1Cc1ccccc1. The number of ether oxygens (including phenoxy) is 1. The van der Waals surface area contributed by atoms with E-state index in [2.05, 4.69) is 22.3 Å².